The number of hydrogen-bond acceptors (Lipinski definition) is 4. The number of furan rings is 1. The van der Waals surface area contributed by atoms with Gasteiger partial charge in [-0.25, -0.2) is 4.39 Å². The minimum Gasteiger partial charge on any atom is -0.494 e. The molecular weight excluding hydrogens is 351 g/mol. The molecule has 0 saturated carbocycles. The average Bonchev–Trinajstić information content (AvgIpc) is 3.36. The highest BCUT2D eigenvalue weighted by atomic mass is 19.1. The van der Waals surface area contributed by atoms with Crippen molar-refractivity contribution in [3.8, 4) is 5.75 Å². The zero-order valence-corrected chi connectivity index (χ0v) is 15.0. The fourth-order valence-corrected chi connectivity index (χ4v) is 3.13. The highest BCUT2D eigenvalue weighted by Gasteiger charge is 2.33. The average molecular weight is 374 g/mol. The number of hydrogen-bond donors (Lipinski definition) is 1. The number of ether oxygens (including phenoxy) is 1. The summed E-state index contributed by atoms with van der Waals surface area (Å²) in [4.78, 5) is 26.5. The van der Waals surface area contributed by atoms with Crippen LogP contribution < -0.4 is 10.1 Å². The Morgan fingerprint density at radius 1 is 1.26 bits per heavy atom. The lowest BCUT2D eigenvalue weighted by molar-refractivity contribution is -0.138. The van der Waals surface area contributed by atoms with Gasteiger partial charge in [0.2, 0.25) is 11.8 Å². The lowest BCUT2D eigenvalue weighted by Gasteiger charge is -2.24. The van der Waals surface area contributed by atoms with Gasteiger partial charge < -0.3 is 19.4 Å². The summed E-state index contributed by atoms with van der Waals surface area (Å²) in [6.07, 6.45) is 3.88. The molecule has 2 heterocycles. The van der Waals surface area contributed by atoms with Gasteiger partial charge in [0.05, 0.1) is 19.4 Å². The summed E-state index contributed by atoms with van der Waals surface area (Å²) in [5.41, 5.74) is 0. The van der Waals surface area contributed by atoms with Gasteiger partial charge >= 0.3 is 0 Å². The predicted molar refractivity (Wildman–Crippen MR) is 96.4 cm³/mol. The quantitative estimate of drug-likeness (QED) is 0.721. The Labute approximate surface area is 157 Å². The summed E-state index contributed by atoms with van der Waals surface area (Å²) in [6, 6.07) is 8.90. The number of benzene rings is 1. The van der Waals surface area contributed by atoms with Crippen LogP contribution in [0.1, 0.15) is 31.4 Å². The van der Waals surface area contributed by atoms with Crippen molar-refractivity contribution < 1.29 is 23.1 Å². The van der Waals surface area contributed by atoms with Gasteiger partial charge in [0.15, 0.2) is 0 Å². The Morgan fingerprint density at radius 2 is 2.07 bits per heavy atom. The fraction of sp³-hybridized carbons (Fsp3) is 0.400. The molecule has 27 heavy (non-hydrogen) atoms. The molecule has 6 nitrogen and oxygen atoms in total. The number of carbonyl (C=O) groups is 2. The van der Waals surface area contributed by atoms with Crippen LogP contribution in [-0.4, -0.2) is 35.9 Å². The summed E-state index contributed by atoms with van der Waals surface area (Å²) in [7, 11) is 0. The van der Waals surface area contributed by atoms with E-state index in [2.05, 4.69) is 5.32 Å². The Hall–Kier alpha value is -2.83. The SMILES string of the molecule is O=C(NCc1ccco1)C1CCCN1C(=O)CCCOc1ccc(F)cc1. The van der Waals surface area contributed by atoms with E-state index in [9.17, 15) is 14.0 Å². The highest BCUT2D eigenvalue weighted by Crippen LogP contribution is 2.19. The molecular formula is C20H23FN2O4. The Balaban J connectivity index is 1.41. The van der Waals surface area contributed by atoms with Gasteiger partial charge in [-0.15, -0.1) is 0 Å². The highest BCUT2D eigenvalue weighted by molar-refractivity contribution is 5.88. The largest absolute Gasteiger partial charge is 0.494 e. The van der Waals surface area contributed by atoms with Crippen LogP contribution in [0.25, 0.3) is 0 Å². The summed E-state index contributed by atoms with van der Waals surface area (Å²) in [5, 5.41) is 2.82. The zero-order chi connectivity index (χ0) is 19.1. The van der Waals surface area contributed by atoms with Gasteiger partial charge in [0, 0.05) is 13.0 Å². The van der Waals surface area contributed by atoms with Crippen molar-refractivity contribution in [3.63, 3.8) is 0 Å². The number of nitrogens with one attached hydrogen (secondary N) is 1. The van der Waals surface area contributed by atoms with Crippen LogP contribution in [0.4, 0.5) is 4.39 Å². The number of rotatable bonds is 8. The lowest BCUT2D eigenvalue weighted by atomic mass is 10.2. The van der Waals surface area contributed by atoms with Crippen LogP contribution in [0.3, 0.4) is 0 Å². The predicted octanol–water partition coefficient (Wildman–Crippen LogP) is 2.89. The van der Waals surface area contributed by atoms with E-state index in [0.717, 1.165) is 6.42 Å². The third kappa shape index (κ3) is 5.32. The molecule has 1 aromatic carbocycles. The fourth-order valence-electron chi connectivity index (χ4n) is 3.13. The summed E-state index contributed by atoms with van der Waals surface area (Å²) in [5.74, 6) is 0.730. The Bertz CT molecular complexity index is 746. The first kappa shape index (κ1) is 18.9. The Kier molecular flexibility index (Phi) is 6.46. The third-order valence-corrected chi connectivity index (χ3v) is 4.51. The second-order valence-corrected chi connectivity index (χ2v) is 6.45. The molecule has 1 N–H and O–H groups in total. The van der Waals surface area contributed by atoms with Crippen LogP contribution in [0.2, 0.25) is 0 Å². The van der Waals surface area contributed by atoms with E-state index in [-0.39, 0.29) is 17.6 Å². The van der Waals surface area contributed by atoms with Crippen LogP contribution >= 0.6 is 0 Å². The molecule has 1 aliphatic rings. The first-order valence-corrected chi connectivity index (χ1v) is 9.11. The van der Waals surface area contributed by atoms with Gasteiger partial charge in [-0.05, 0) is 55.7 Å². The number of halogens is 1. The molecule has 1 fully saturated rings. The second-order valence-electron chi connectivity index (χ2n) is 6.45. The molecule has 0 bridgehead atoms. The molecule has 0 aliphatic carbocycles. The minimum absolute atomic E-state index is 0.0478. The third-order valence-electron chi connectivity index (χ3n) is 4.51. The number of carbonyl (C=O) groups excluding carboxylic acids is 2. The normalized spacial score (nSPS) is 16.3. The van der Waals surface area contributed by atoms with Gasteiger partial charge in [0.25, 0.3) is 0 Å². The number of likely N-dealkylation sites (tertiary alicyclic amines) is 1. The van der Waals surface area contributed by atoms with Gasteiger partial charge in [-0.3, -0.25) is 9.59 Å². The molecule has 3 rings (SSSR count). The molecule has 1 aromatic heterocycles. The maximum Gasteiger partial charge on any atom is 0.243 e. The molecule has 1 atom stereocenters. The monoisotopic (exact) mass is 374 g/mol. The molecule has 1 saturated heterocycles. The van der Waals surface area contributed by atoms with E-state index < -0.39 is 6.04 Å². The molecule has 2 amide bonds. The topological polar surface area (TPSA) is 71.8 Å². The van der Waals surface area contributed by atoms with Crippen LogP contribution in [0.15, 0.2) is 47.1 Å². The van der Waals surface area contributed by atoms with Crippen molar-refractivity contribution in [2.45, 2.75) is 38.3 Å². The van der Waals surface area contributed by atoms with Gasteiger partial charge in [-0.1, -0.05) is 0 Å². The van der Waals surface area contributed by atoms with Crippen molar-refractivity contribution >= 4 is 11.8 Å². The van der Waals surface area contributed by atoms with E-state index in [1.54, 1.807) is 35.4 Å². The molecule has 1 aliphatic heterocycles. The smallest absolute Gasteiger partial charge is 0.243 e. The maximum atomic E-state index is 12.8. The number of amides is 2. The maximum absolute atomic E-state index is 12.8. The summed E-state index contributed by atoms with van der Waals surface area (Å²) < 4.78 is 23.5. The standard InChI is InChI=1S/C20H23FN2O4/c21-15-7-9-16(10-8-15)26-13-3-6-19(24)23-11-1-5-18(23)20(25)22-14-17-4-2-12-27-17/h2,4,7-10,12,18H,1,3,5-6,11,13-14H2,(H,22,25). The molecule has 2 aromatic rings. The van der Waals surface area contributed by atoms with Crippen molar-refractivity contribution in [1.82, 2.24) is 10.2 Å². The summed E-state index contributed by atoms with van der Waals surface area (Å²) in [6.45, 7) is 1.27. The van der Waals surface area contributed by atoms with E-state index in [4.69, 9.17) is 9.15 Å². The molecule has 144 valence electrons. The first-order valence-electron chi connectivity index (χ1n) is 9.11. The van der Waals surface area contributed by atoms with Crippen LogP contribution in [0, 0.1) is 5.82 Å². The Morgan fingerprint density at radius 3 is 2.81 bits per heavy atom. The van der Waals surface area contributed by atoms with E-state index >= 15 is 0 Å². The van der Waals surface area contributed by atoms with Gasteiger partial charge in [-0.2, -0.15) is 0 Å². The molecule has 7 heteroatoms. The van der Waals surface area contributed by atoms with Crippen molar-refractivity contribution in [2.75, 3.05) is 13.2 Å². The zero-order valence-electron chi connectivity index (χ0n) is 15.0. The lowest BCUT2D eigenvalue weighted by Crippen LogP contribution is -2.45. The van der Waals surface area contributed by atoms with Crippen LogP contribution in [0.5, 0.6) is 5.75 Å². The first-order chi connectivity index (χ1) is 13.1. The van der Waals surface area contributed by atoms with Gasteiger partial charge in [0.1, 0.15) is 23.4 Å². The van der Waals surface area contributed by atoms with Crippen molar-refractivity contribution in [2.24, 2.45) is 0 Å². The van der Waals surface area contributed by atoms with E-state index in [0.29, 0.717) is 50.5 Å². The molecule has 1 unspecified atom stereocenters. The molecule has 0 spiro atoms. The van der Waals surface area contributed by atoms with Crippen LogP contribution in [-0.2, 0) is 16.1 Å². The summed E-state index contributed by atoms with van der Waals surface area (Å²) >= 11 is 0. The van der Waals surface area contributed by atoms with Crippen molar-refractivity contribution in [3.05, 3.63) is 54.2 Å². The van der Waals surface area contributed by atoms with Crippen molar-refractivity contribution in [1.29, 1.82) is 0 Å². The van der Waals surface area contributed by atoms with E-state index in [1.165, 1.54) is 12.1 Å². The minimum atomic E-state index is -0.425. The van der Waals surface area contributed by atoms with E-state index in [1.807, 2.05) is 0 Å². The molecule has 0 radical (unpaired) electrons. The number of nitrogens with zero attached hydrogens (tertiary/aromatic N) is 1. The second kappa shape index (κ2) is 9.21.